The maximum absolute atomic E-state index is 12.8. The molecule has 1 fully saturated rings. The minimum Gasteiger partial charge on any atom is -0.330 e. The van der Waals surface area contributed by atoms with E-state index in [0.29, 0.717) is 30.1 Å². The third-order valence-corrected chi connectivity index (χ3v) is 5.31. The smallest absolute Gasteiger partial charge is 0.262 e. The van der Waals surface area contributed by atoms with Crippen molar-refractivity contribution in [2.45, 2.75) is 45.2 Å². The Balaban J connectivity index is 1.65. The van der Waals surface area contributed by atoms with E-state index in [0.717, 1.165) is 29.8 Å². The van der Waals surface area contributed by atoms with Crippen LogP contribution in [0.2, 0.25) is 0 Å². The Morgan fingerprint density at radius 1 is 1.18 bits per heavy atom. The molecule has 0 aromatic heterocycles. The fourth-order valence-electron chi connectivity index (χ4n) is 3.64. The molecule has 2 aliphatic rings. The van der Waals surface area contributed by atoms with Crippen molar-refractivity contribution in [2.75, 3.05) is 13.1 Å². The van der Waals surface area contributed by atoms with E-state index in [4.69, 9.17) is 5.73 Å². The van der Waals surface area contributed by atoms with E-state index >= 15 is 0 Å². The van der Waals surface area contributed by atoms with Gasteiger partial charge in [-0.3, -0.25) is 29.4 Å². The van der Waals surface area contributed by atoms with Crippen molar-refractivity contribution < 1.29 is 19.2 Å². The van der Waals surface area contributed by atoms with Crippen LogP contribution in [0.5, 0.6) is 0 Å². The minimum absolute atomic E-state index is 0.113. The quantitative estimate of drug-likeness (QED) is 0.443. The zero-order valence-corrected chi connectivity index (χ0v) is 16.0. The Kier molecular flexibility index (Phi) is 6.21. The lowest BCUT2D eigenvalue weighted by Crippen LogP contribution is -2.54. The van der Waals surface area contributed by atoms with Gasteiger partial charge in [-0.1, -0.05) is 13.0 Å². The zero-order chi connectivity index (χ0) is 20.3. The molecule has 150 valence electrons. The molecule has 2 atom stereocenters. The lowest BCUT2D eigenvalue weighted by molar-refractivity contribution is -0.136. The summed E-state index contributed by atoms with van der Waals surface area (Å²) < 4.78 is 0. The van der Waals surface area contributed by atoms with Gasteiger partial charge in [0.15, 0.2) is 0 Å². The lowest BCUT2D eigenvalue weighted by atomic mass is 10.0. The van der Waals surface area contributed by atoms with Crippen LogP contribution in [0.4, 0.5) is 0 Å². The summed E-state index contributed by atoms with van der Waals surface area (Å²) >= 11 is 0. The summed E-state index contributed by atoms with van der Waals surface area (Å²) in [4.78, 5) is 49.8. The summed E-state index contributed by atoms with van der Waals surface area (Å²) in [5.41, 5.74) is 7.07. The molecule has 4 amide bonds. The normalized spacial score (nSPS) is 20.4. The first kappa shape index (κ1) is 20.2. The molecule has 1 aromatic carbocycles. The van der Waals surface area contributed by atoms with Crippen LogP contribution in [0, 0.1) is 5.92 Å². The van der Waals surface area contributed by atoms with E-state index in [-0.39, 0.29) is 18.7 Å². The number of benzene rings is 1. The van der Waals surface area contributed by atoms with Crippen LogP contribution in [0.25, 0.3) is 0 Å². The largest absolute Gasteiger partial charge is 0.330 e. The molecule has 4 N–H and O–H groups in total. The number of imide groups is 2. The number of amides is 4. The number of carbonyl (C=O) groups is 4. The highest BCUT2D eigenvalue weighted by Crippen LogP contribution is 2.28. The fraction of sp³-hybridized carbons (Fsp3) is 0.500. The van der Waals surface area contributed by atoms with Gasteiger partial charge in [-0.05, 0) is 56.0 Å². The number of nitrogens with zero attached hydrogens (tertiary/aromatic N) is 1. The predicted molar refractivity (Wildman–Crippen MR) is 102 cm³/mol. The van der Waals surface area contributed by atoms with Crippen molar-refractivity contribution >= 4 is 23.6 Å². The SMILES string of the molecule is C[C@@H](CCN)CCNCc1ccc2c(c1)C(=O)N(C1CCC(=O)NC1=O)C2=O. The van der Waals surface area contributed by atoms with Gasteiger partial charge in [-0.2, -0.15) is 0 Å². The molecule has 28 heavy (non-hydrogen) atoms. The Labute approximate surface area is 163 Å². The van der Waals surface area contributed by atoms with E-state index in [1.165, 1.54) is 0 Å². The molecular weight excluding hydrogens is 360 g/mol. The number of nitrogens with two attached hydrogens (primary N) is 1. The number of hydrogen-bond donors (Lipinski definition) is 3. The summed E-state index contributed by atoms with van der Waals surface area (Å²) in [5.74, 6) is -1.39. The van der Waals surface area contributed by atoms with Crippen LogP contribution >= 0.6 is 0 Å². The average Bonchev–Trinajstić information content (AvgIpc) is 2.90. The standard InChI is InChI=1S/C20H26N4O4/c1-12(6-8-21)7-9-22-11-13-2-3-14-15(10-13)20(28)24(19(14)27)16-4-5-17(25)23-18(16)26/h2-3,10,12,16,22H,4-9,11,21H2,1H3,(H,23,25,26)/t12-,16?/m0/s1. The molecule has 8 nitrogen and oxygen atoms in total. The highest BCUT2D eigenvalue weighted by atomic mass is 16.2. The van der Waals surface area contributed by atoms with Gasteiger partial charge in [-0.15, -0.1) is 0 Å². The van der Waals surface area contributed by atoms with Crippen LogP contribution in [-0.2, 0) is 16.1 Å². The van der Waals surface area contributed by atoms with E-state index in [9.17, 15) is 19.2 Å². The van der Waals surface area contributed by atoms with E-state index < -0.39 is 23.8 Å². The maximum atomic E-state index is 12.8. The minimum atomic E-state index is -0.935. The van der Waals surface area contributed by atoms with Crippen LogP contribution in [-0.4, -0.2) is 47.7 Å². The number of fused-ring (bicyclic) bond motifs is 1. The van der Waals surface area contributed by atoms with Gasteiger partial charge < -0.3 is 11.1 Å². The topological polar surface area (TPSA) is 122 Å². The Morgan fingerprint density at radius 2 is 1.93 bits per heavy atom. The molecule has 0 aliphatic carbocycles. The maximum Gasteiger partial charge on any atom is 0.262 e. The van der Waals surface area contributed by atoms with Gasteiger partial charge in [0.25, 0.3) is 11.8 Å². The summed E-state index contributed by atoms with van der Waals surface area (Å²) in [7, 11) is 0. The van der Waals surface area contributed by atoms with E-state index in [2.05, 4.69) is 17.6 Å². The van der Waals surface area contributed by atoms with Gasteiger partial charge >= 0.3 is 0 Å². The summed E-state index contributed by atoms with van der Waals surface area (Å²) in [6.07, 6.45) is 2.28. The summed E-state index contributed by atoms with van der Waals surface area (Å²) in [6, 6.07) is 4.22. The van der Waals surface area contributed by atoms with Crippen LogP contribution in [0.1, 0.15) is 58.9 Å². The number of nitrogens with one attached hydrogen (secondary N) is 2. The highest BCUT2D eigenvalue weighted by molar-refractivity contribution is 6.23. The van der Waals surface area contributed by atoms with Gasteiger partial charge in [0.05, 0.1) is 11.1 Å². The Morgan fingerprint density at radius 3 is 2.64 bits per heavy atom. The molecule has 0 saturated carbocycles. The zero-order valence-electron chi connectivity index (χ0n) is 16.0. The molecule has 0 radical (unpaired) electrons. The van der Waals surface area contributed by atoms with Crippen LogP contribution in [0.15, 0.2) is 18.2 Å². The molecule has 8 heteroatoms. The number of piperidine rings is 1. The molecule has 0 spiro atoms. The highest BCUT2D eigenvalue weighted by Gasteiger charge is 2.44. The Hall–Kier alpha value is -2.58. The number of rotatable bonds is 8. The van der Waals surface area contributed by atoms with Gasteiger partial charge in [0, 0.05) is 13.0 Å². The van der Waals surface area contributed by atoms with Crippen molar-refractivity contribution in [1.29, 1.82) is 0 Å². The van der Waals surface area contributed by atoms with E-state index in [1.807, 2.05) is 6.07 Å². The van der Waals surface area contributed by atoms with Crippen molar-refractivity contribution in [3.05, 3.63) is 34.9 Å². The molecule has 1 saturated heterocycles. The first-order chi connectivity index (χ1) is 13.4. The average molecular weight is 386 g/mol. The first-order valence-electron chi connectivity index (χ1n) is 9.67. The van der Waals surface area contributed by atoms with Gasteiger partial charge in [0.2, 0.25) is 11.8 Å². The van der Waals surface area contributed by atoms with Gasteiger partial charge in [0.1, 0.15) is 6.04 Å². The van der Waals surface area contributed by atoms with Crippen molar-refractivity contribution in [3.63, 3.8) is 0 Å². The molecule has 2 aliphatic heterocycles. The fourth-order valence-corrected chi connectivity index (χ4v) is 3.64. The first-order valence-corrected chi connectivity index (χ1v) is 9.67. The third-order valence-electron chi connectivity index (χ3n) is 5.31. The molecule has 3 rings (SSSR count). The summed E-state index contributed by atoms with van der Waals surface area (Å²) in [6.45, 7) is 4.28. The van der Waals surface area contributed by atoms with Crippen LogP contribution in [0.3, 0.4) is 0 Å². The molecular formula is C20H26N4O4. The number of hydrogen-bond acceptors (Lipinski definition) is 6. The molecule has 1 aromatic rings. The Bertz CT molecular complexity index is 807. The van der Waals surface area contributed by atoms with Crippen molar-refractivity contribution in [3.8, 4) is 0 Å². The lowest BCUT2D eigenvalue weighted by Gasteiger charge is -2.27. The molecule has 0 bridgehead atoms. The second-order valence-electron chi connectivity index (χ2n) is 7.48. The number of carbonyl (C=O) groups excluding carboxylic acids is 4. The van der Waals surface area contributed by atoms with Crippen molar-refractivity contribution in [1.82, 2.24) is 15.5 Å². The van der Waals surface area contributed by atoms with E-state index in [1.54, 1.807) is 12.1 Å². The van der Waals surface area contributed by atoms with Crippen LogP contribution < -0.4 is 16.4 Å². The second kappa shape index (κ2) is 8.62. The third kappa shape index (κ3) is 4.13. The molecule has 2 heterocycles. The predicted octanol–water partition coefficient (Wildman–Crippen LogP) is 0.552. The second-order valence-corrected chi connectivity index (χ2v) is 7.48. The monoisotopic (exact) mass is 386 g/mol. The molecule has 1 unspecified atom stereocenters. The van der Waals surface area contributed by atoms with Crippen molar-refractivity contribution in [2.24, 2.45) is 11.7 Å². The van der Waals surface area contributed by atoms with Gasteiger partial charge in [-0.25, -0.2) is 0 Å². The summed E-state index contributed by atoms with van der Waals surface area (Å²) in [5, 5.41) is 5.54.